The van der Waals surface area contributed by atoms with Gasteiger partial charge in [-0.15, -0.1) is 0 Å². The summed E-state index contributed by atoms with van der Waals surface area (Å²) in [4.78, 5) is 2.38. The summed E-state index contributed by atoms with van der Waals surface area (Å²) >= 11 is 6.08. The van der Waals surface area contributed by atoms with Crippen LogP contribution < -0.4 is 15.5 Å². The molecule has 0 amide bonds. The van der Waals surface area contributed by atoms with E-state index in [4.69, 9.17) is 11.6 Å². The Morgan fingerprint density at radius 1 is 0.667 bits per heavy atom. The Morgan fingerprint density at radius 2 is 1.17 bits per heavy atom. The van der Waals surface area contributed by atoms with Crippen LogP contribution in [0.15, 0.2) is 72.8 Å². The monoisotopic (exact) mass is 333 g/mol. The quantitative estimate of drug-likeness (QED) is 0.624. The summed E-state index contributed by atoms with van der Waals surface area (Å²) in [5.74, 6) is 0. The average molecular weight is 334 g/mol. The number of benzene rings is 3. The first kappa shape index (κ1) is 13.8. The van der Waals surface area contributed by atoms with Crippen LogP contribution >= 0.6 is 11.6 Å². The molecule has 2 aliphatic heterocycles. The van der Waals surface area contributed by atoms with Gasteiger partial charge in [0.25, 0.3) is 0 Å². The number of fused-ring (bicyclic) bond motifs is 6. The minimum absolute atomic E-state index is 0.0866. The van der Waals surface area contributed by atoms with E-state index in [9.17, 15) is 0 Å². The Balaban J connectivity index is 1.71. The lowest BCUT2D eigenvalue weighted by atomic mass is 9.95. The Bertz CT molecular complexity index is 853. The van der Waals surface area contributed by atoms with Crippen molar-refractivity contribution in [3.63, 3.8) is 0 Å². The van der Waals surface area contributed by atoms with Crippen LogP contribution in [0.25, 0.3) is 0 Å². The normalized spacial score (nSPS) is 20.5. The molecule has 0 saturated heterocycles. The molecular weight excluding hydrogens is 318 g/mol. The molecule has 0 unspecified atom stereocenters. The first-order valence-corrected chi connectivity index (χ1v) is 8.44. The molecule has 2 aliphatic rings. The molecule has 24 heavy (non-hydrogen) atoms. The van der Waals surface area contributed by atoms with E-state index in [2.05, 4.69) is 76.2 Å². The van der Waals surface area contributed by atoms with Gasteiger partial charge in [0.1, 0.15) is 12.3 Å². The van der Waals surface area contributed by atoms with Crippen molar-refractivity contribution >= 4 is 28.7 Å². The number of rotatable bonds is 1. The SMILES string of the molecule is Clc1ccc(N2[C@H]3Nc4ccccc4[C@@H]2Nc2ccccc23)cc1. The van der Waals surface area contributed by atoms with Crippen molar-refractivity contribution in [2.24, 2.45) is 0 Å². The zero-order valence-electron chi connectivity index (χ0n) is 12.9. The van der Waals surface area contributed by atoms with Crippen molar-refractivity contribution in [3.05, 3.63) is 88.9 Å². The van der Waals surface area contributed by atoms with Gasteiger partial charge >= 0.3 is 0 Å². The van der Waals surface area contributed by atoms with E-state index in [-0.39, 0.29) is 12.3 Å². The first-order chi connectivity index (χ1) is 11.8. The smallest absolute Gasteiger partial charge is 0.130 e. The molecule has 0 radical (unpaired) electrons. The van der Waals surface area contributed by atoms with Gasteiger partial charge in [0.15, 0.2) is 0 Å². The number of para-hydroxylation sites is 2. The van der Waals surface area contributed by atoms with Crippen LogP contribution in [0, 0.1) is 0 Å². The first-order valence-electron chi connectivity index (χ1n) is 8.06. The molecule has 2 atom stereocenters. The molecule has 3 aromatic rings. The molecule has 4 heteroatoms. The van der Waals surface area contributed by atoms with Gasteiger partial charge in [0, 0.05) is 33.2 Å². The van der Waals surface area contributed by atoms with Crippen molar-refractivity contribution in [3.8, 4) is 0 Å². The highest BCUT2D eigenvalue weighted by atomic mass is 35.5. The van der Waals surface area contributed by atoms with E-state index in [1.165, 1.54) is 22.5 Å². The Kier molecular flexibility index (Phi) is 2.97. The Hall–Kier alpha value is -2.65. The maximum Gasteiger partial charge on any atom is 0.130 e. The second-order valence-corrected chi connectivity index (χ2v) is 6.59. The van der Waals surface area contributed by atoms with E-state index in [0.29, 0.717) is 0 Å². The van der Waals surface area contributed by atoms with Crippen LogP contribution in [0.4, 0.5) is 17.1 Å². The average Bonchev–Trinajstić information content (AvgIpc) is 2.62. The van der Waals surface area contributed by atoms with E-state index in [1.807, 2.05) is 12.1 Å². The molecule has 2 heterocycles. The van der Waals surface area contributed by atoms with Gasteiger partial charge in [-0.3, -0.25) is 0 Å². The summed E-state index contributed by atoms with van der Waals surface area (Å²) in [5, 5.41) is 8.15. The second-order valence-electron chi connectivity index (χ2n) is 6.15. The highest BCUT2D eigenvalue weighted by Gasteiger charge is 2.39. The summed E-state index contributed by atoms with van der Waals surface area (Å²) < 4.78 is 0. The van der Waals surface area contributed by atoms with Crippen molar-refractivity contribution in [1.82, 2.24) is 0 Å². The fourth-order valence-electron chi connectivity index (χ4n) is 3.68. The minimum Gasteiger partial charge on any atom is -0.361 e. The lowest BCUT2D eigenvalue weighted by molar-refractivity contribution is 0.562. The molecule has 0 spiro atoms. The molecule has 0 fully saturated rings. The summed E-state index contributed by atoms with van der Waals surface area (Å²) in [6, 6.07) is 25.0. The van der Waals surface area contributed by atoms with E-state index in [0.717, 1.165) is 10.7 Å². The van der Waals surface area contributed by atoms with E-state index >= 15 is 0 Å². The summed E-state index contributed by atoms with van der Waals surface area (Å²) in [7, 11) is 0. The van der Waals surface area contributed by atoms with Crippen LogP contribution in [0.5, 0.6) is 0 Å². The van der Waals surface area contributed by atoms with Gasteiger partial charge in [-0.2, -0.15) is 0 Å². The van der Waals surface area contributed by atoms with Crippen LogP contribution in [0.3, 0.4) is 0 Å². The van der Waals surface area contributed by atoms with Gasteiger partial charge in [-0.1, -0.05) is 48.0 Å². The molecule has 0 saturated carbocycles. The summed E-state index contributed by atoms with van der Waals surface area (Å²) in [5.41, 5.74) is 5.99. The van der Waals surface area contributed by atoms with Crippen molar-refractivity contribution in [2.75, 3.05) is 15.5 Å². The third-order valence-corrected chi connectivity index (χ3v) is 5.03. The maximum atomic E-state index is 6.08. The van der Waals surface area contributed by atoms with Gasteiger partial charge in [0.05, 0.1) is 0 Å². The number of nitrogens with zero attached hydrogens (tertiary/aromatic N) is 1. The zero-order chi connectivity index (χ0) is 16.1. The van der Waals surface area contributed by atoms with Crippen molar-refractivity contribution < 1.29 is 0 Å². The molecule has 0 aliphatic carbocycles. The van der Waals surface area contributed by atoms with Crippen LogP contribution in [-0.4, -0.2) is 0 Å². The molecule has 2 bridgehead atoms. The summed E-state index contributed by atoms with van der Waals surface area (Å²) in [6.07, 6.45) is 0.173. The number of hydrogen-bond donors (Lipinski definition) is 2. The van der Waals surface area contributed by atoms with Gasteiger partial charge in [0.2, 0.25) is 0 Å². The molecule has 2 N–H and O–H groups in total. The number of halogens is 1. The minimum atomic E-state index is 0.0866. The third-order valence-electron chi connectivity index (χ3n) is 4.78. The van der Waals surface area contributed by atoms with Crippen molar-refractivity contribution in [1.29, 1.82) is 0 Å². The predicted molar refractivity (Wildman–Crippen MR) is 99.5 cm³/mol. The fraction of sp³-hybridized carbons (Fsp3) is 0.100. The van der Waals surface area contributed by atoms with Gasteiger partial charge < -0.3 is 15.5 Å². The number of hydrogen-bond acceptors (Lipinski definition) is 3. The number of anilines is 3. The van der Waals surface area contributed by atoms with Gasteiger partial charge in [-0.25, -0.2) is 0 Å². The lowest BCUT2D eigenvalue weighted by Gasteiger charge is -2.50. The summed E-state index contributed by atoms with van der Waals surface area (Å²) in [6.45, 7) is 0. The van der Waals surface area contributed by atoms with E-state index < -0.39 is 0 Å². The zero-order valence-corrected chi connectivity index (χ0v) is 13.7. The Morgan fingerprint density at radius 3 is 1.71 bits per heavy atom. The van der Waals surface area contributed by atoms with Crippen LogP contribution in [0.1, 0.15) is 23.5 Å². The van der Waals surface area contributed by atoms with Gasteiger partial charge in [-0.05, 0) is 36.4 Å². The highest BCUT2D eigenvalue weighted by molar-refractivity contribution is 6.30. The molecule has 3 aromatic carbocycles. The molecule has 3 nitrogen and oxygen atoms in total. The van der Waals surface area contributed by atoms with E-state index in [1.54, 1.807) is 0 Å². The van der Waals surface area contributed by atoms with Crippen LogP contribution in [-0.2, 0) is 0 Å². The standard InChI is InChI=1S/C20H16ClN3/c21-13-9-11-14(12-10-13)24-19-15-5-1-3-7-17(15)22-20(24)16-6-2-4-8-18(16)23-19/h1-12,19-20,22-23H/t19-,20-/m1/s1. The largest absolute Gasteiger partial charge is 0.361 e. The topological polar surface area (TPSA) is 27.3 Å². The fourth-order valence-corrected chi connectivity index (χ4v) is 3.81. The molecular formula is C20H16ClN3. The number of nitrogens with one attached hydrogen (secondary N) is 2. The van der Waals surface area contributed by atoms with Crippen molar-refractivity contribution in [2.45, 2.75) is 12.3 Å². The Labute approximate surface area is 145 Å². The molecule has 0 aromatic heterocycles. The third kappa shape index (κ3) is 1.98. The highest BCUT2D eigenvalue weighted by Crippen LogP contribution is 2.48. The lowest BCUT2D eigenvalue weighted by Crippen LogP contribution is -2.47. The second kappa shape index (κ2) is 5.18. The molecule has 118 valence electrons. The maximum absolute atomic E-state index is 6.08. The predicted octanol–water partition coefficient (Wildman–Crippen LogP) is 5.40. The van der Waals surface area contributed by atoms with Crippen LogP contribution in [0.2, 0.25) is 5.02 Å². The molecule has 5 rings (SSSR count).